The molecule has 1 N–H and O–H groups in total. The molecule has 20 heavy (non-hydrogen) atoms. The van der Waals surface area contributed by atoms with Gasteiger partial charge in [0.15, 0.2) is 0 Å². The SMILES string of the molecule is CCOc1ccc(CNC2CCN3CCCC3C2)cc1. The van der Waals surface area contributed by atoms with Gasteiger partial charge in [-0.2, -0.15) is 0 Å². The Hall–Kier alpha value is -1.06. The minimum absolute atomic E-state index is 0.695. The third kappa shape index (κ3) is 3.33. The lowest BCUT2D eigenvalue weighted by Gasteiger charge is -2.35. The van der Waals surface area contributed by atoms with E-state index in [-0.39, 0.29) is 0 Å². The van der Waals surface area contributed by atoms with Crippen LogP contribution in [0.2, 0.25) is 0 Å². The molecule has 2 heterocycles. The van der Waals surface area contributed by atoms with Crippen LogP contribution in [0.4, 0.5) is 0 Å². The van der Waals surface area contributed by atoms with E-state index >= 15 is 0 Å². The van der Waals surface area contributed by atoms with Gasteiger partial charge in [0.1, 0.15) is 5.75 Å². The molecule has 2 saturated heterocycles. The predicted molar refractivity (Wildman–Crippen MR) is 82.1 cm³/mol. The molecule has 0 amide bonds. The highest BCUT2D eigenvalue weighted by molar-refractivity contribution is 5.27. The maximum Gasteiger partial charge on any atom is 0.119 e. The number of nitrogens with zero attached hydrogens (tertiary/aromatic N) is 1. The lowest BCUT2D eigenvalue weighted by Crippen LogP contribution is -2.45. The predicted octanol–water partition coefficient (Wildman–Crippen LogP) is 2.80. The van der Waals surface area contributed by atoms with Crippen molar-refractivity contribution in [2.45, 2.75) is 51.2 Å². The van der Waals surface area contributed by atoms with Crippen LogP contribution in [-0.4, -0.2) is 36.7 Å². The molecule has 2 aliphatic heterocycles. The van der Waals surface area contributed by atoms with E-state index in [9.17, 15) is 0 Å². The van der Waals surface area contributed by atoms with Gasteiger partial charge in [-0.15, -0.1) is 0 Å². The quantitative estimate of drug-likeness (QED) is 0.893. The van der Waals surface area contributed by atoms with Crippen molar-refractivity contribution in [3.63, 3.8) is 0 Å². The Kier molecular flexibility index (Phi) is 4.58. The molecule has 0 bridgehead atoms. The van der Waals surface area contributed by atoms with Gasteiger partial charge >= 0.3 is 0 Å². The van der Waals surface area contributed by atoms with E-state index in [2.05, 4.69) is 34.5 Å². The topological polar surface area (TPSA) is 24.5 Å². The first-order valence-corrected chi connectivity index (χ1v) is 8.04. The Morgan fingerprint density at radius 2 is 2.05 bits per heavy atom. The molecule has 2 aliphatic rings. The van der Waals surface area contributed by atoms with Gasteiger partial charge in [-0.05, 0) is 63.4 Å². The minimum atomic E-state index is 0.695. The van der Waals surface area contributed by atoms with Gasteiger partial charge in [-0.25, -0.2) is 0 Å². The summed E-state index contributed by atoms with van der Waals surface area (Å²) in [5, 5.41) is 3.73. The lowest BCUT2D eigenvalue weighted by molar-refractivity contribution is 0.166. The van der Waals surface area contributed by atoms with E-state index in [1.165, 1.54) is 44.3 Å². The molecule has 1 aromatic rings. The fraction of sp³-hybridized carbons (Fsp3) is 0.647. The molecule has 110 valence electrons. The summed E-state index contributed by atoms with van der Waals surface area (Å²) in [5.74, 6) is 0.968. The molecule has 0 radical (unpaired) electrons. The Labute approximate surface area is 122 Å². The molecule has 0 aliphatic carbocycles. The summed E-state index contributed by atoms with van der Waals surface area (Å²) < 4.78 is 5.48. The molecule has 3 nitrogen and oxygen atoms in total. The van der Waals surface area contributed by atoms with Gasteiger partial charge in [0.05, 0.1) is 6.61 Å². The van der Waals surface area contributed by atoms with E-state index in [0.29, 0.717) is 6.04 Å². The zero-order chi connectivity index (χ0) is 13.8. The summed E-state index contributed by atoms with van der Waals surface area (Å²) >= 11 is 0. The summed E-state index contributed by atoms with van der Waals surface area (Å²) in [6, 6.07) is 10.0. The average Bonchev–Trinajstić information content (AvgIpc) is 2.94. The van der Waals surface area contributed by atoms with E-state index < -0.39 is 0 Å². The second-order valence-electron chi connectivity index (χ2n) is 6.01. The van der Waals surface area contributed by atoms with Crippen molar-refractivity contribution in [2.24, 2.45) is 0 Å². The number of rotatable bonds is 5. The van der Waals surface area contributed by atoms with Crippen molar-refractivity contribution in [3.8, 4) is 5.75 Å². The number of hydrogen-bond donors (Lipinski definition) is 1. The monoisotopic (exact) mass is 274 g/mol. The molecule has 2 atom stereocenters. The van der Waals surface area contributed by atoms with Crippen molar-refractivity contribution < 1.29 is 4.74 Å². The molecule has 3 heteroatoms. The number of ether oxygens (including phenoxy) is 1. The Morgan fingerprint density at radius 1 is 1.20 bits per heavy atom. The molecule has 0 aromatic heterocycles. The molecule has 0 spiro atoms. The van der Waals surface area contributed by atoms with Gasteiger partial charge in [0.2, 0.25) is 0 Å². The second-order valence-corrected chi connectivity index (χ2v) is 6.01. The second kappa shape index (κ2) is 6.59. The fourth-order valence-corrected chi connectivity index (χ4v) is 3.54. The van der Waals surface area contributed by atoms with E-state index in [4.69, 9.17) is 4.74 Å². The normalized spacial score (nSPS) is 26.4. The molecule has 1 aromatic carbocycles. The standard InChI is InChI=1S/C17H26N2O/c1-2-20-17-7-5-14(6-8-17)13-18-15-9-11-19-10-3-4-16(19)12-15/h5-8,15-16,18H,2-4,9-13H2,1H3. The van der Waals surface area contributed by atoms with Gasteiger partial charge < -0.3 is 15.0 Å². The van der Waals surface area contributed by atoms with Crippen LogP contribution in [0.3, 0.4) is 0 Å². The van der Waals surface area contributed by atoms with Crippen LogP contribution in [0.25, 0.3) is 0 Å². The molecule has 0 saturated carbocycles. The lowest BCUT2D eigenvalue weighted by atomic mass is 9.97. The van der Waals surface area contributed by atoms with E-state index in [1.54, 1.807) is 0 Å². The number of hydrogen-bond acceptors (Lipinski definition) is 3. The van der Waals surface area contributed by atoms with Crippen LogP contribution in [0.5, 0.6) is 5.75 Å². The molecule has 2 unspecified atom stereocenters. The van der Waals surface area contributed by atoms with Crippen molar-refractivity contribution in [3.05, 3.63) is 29.8 Å². The largest absolute Gasteiger partial charge is 0.494 e. The van der Waals surface area contributed by atoms with Crippen LogP contribution in [0.1, 0.15) is 38.2 Å². The summed E-state index contributed by atoms with van der Waals surface area (Å²) in [6.45, 7) is 6.34. The smallest absolute Gasteiger partial charge is 0.119 e. The van der Waals surface area contributed by atoms with Crippen LogP contribution in [-0.2, 0) is 6.54 Å². The summed E-state index contributed by atoms with van der Waals surface area (Å²) in [5.41, 5.74) is 1.35. The molecular formula is C17H26N2O. The van der Waals surface area contributed by atoms with Crippen LogP contribution < -0.4 is 10.1 Å². The van der Waals surface area contributed by atoms with Gasteiger partial charge in [-0.1, -0.05) is 12.1 Å². The summed E-state index contributed by atoms with van der Waals surface area (Å²) in [6.07, 6.45) is 5.43. The van der Waals surface area contributed by atoms with Gasteiger partial charge in [0.25, 0.3) is 0 Å². The average molecular weight is 274 g/mol. The highest BCUT2D eigenvalue weighted by atomic mass is 16.5. The molecule has 3 rings (SSSR count). The zero-order valence-electron chi connectivity index (χ0n) is 12.5. The Bertz CT molecular complexity index is 418. The molecule has 2 fully saturated rings. The first kappa shape index (κ1) is 13.9. The summed E-state index contributed by atoms with van der Waals surface area (Å²) in [4.78, 5) is 2.68. The Morgan fingerprint density at radius 3 is 2.85 bits per heavy atom. The maximum atomic E-state index is 5.48. The van der Waals surface area contributed by atoms with E-state index in [1.807, 2.05) is 6.92 Å². The maximum absolute atomic E-state index is 5.48. The Balaban J connectivity index is 1.47. The van der Waals surface area contributed by atoms with Crippen LogP contribution >= 0.6 is 0 Å². The van der Waals surface area contributed by atoms with Crippen molar-refractivity contribution in [1.29, 1.82) is 0 Å². The zero-order valence-corrected chi connectivity index (χ0v) is 12.5. The number of piperidine rings is 1. The van der Waals surface area contributed by atoms with Crippen molar-refractivity contribution in [1.82, 2.24) is 10.2 Å². The highest BCUT2D eigenvalue weighted by Gasteiger charge is 2.31. The first-order valence-electron chi connectivity index (χ1n) is 8.04. The third-order valence-corrected chi connectivity index (χ3v) is 4.65. The van der Waals surface area contributed by atoms with Crippen molar-refractivity contribution in [2.75, 3.05) is 19.7 Å². The number of fused-ring (bicyclic) bond motifs is 1. The van der Waals surface area contributed by atoms with Gasteiger partial charge in [-0.3, -0.25) is 0 Å². The van der Waals surface area contributed by atoms with Crippen LogP contribution in [0.15, 0.2) is 24.3 Å². The van der Waals surface area contributed by atoms with E-state index in [0.717, 1.165) is 24.9 Å². The minimum Gasteiger partial charge on any atom is -0.494 e. The van der Waals surface area contributed by atoms with Gasteiger partial charge in [0, 0.05) is 18.6 Å². The fourth-order valence-electron chi connectivity index (χ4n) is 3.54. The first-order chi connectivity index (χ1) is 9.85. The number of benzene rings is 1. The van der Waals surface area contributed by atoms with Crippen LogP contribution in [0, 0.1) is 0 Å². The highest BCUT2D eigenvalue weighted by Crippen LogP contribution is 2.27. The van der Waals surface area contributed by atoms with Crippen molar-refractivity contribution >= 4 is 0 Å². The molecular weight excluding hydrogens is 248 g/mol. The summed E-state index contributed by atoms with van der Waals surface area (Å²) in [7, 11) is 0. The third-order valence-electron chi connectivity index (χ3n) is 4.65. The number of nitrogens with one attached hydrogen (secondary N) is 1.